The number of aromatic hydroxyl groups is 1. The molecule has 6 rings (SSSR count). The van der Waals surface area contributed by atoms with Crippen molar-refractivity contribution in [1.29, 1.82) is 0 Å². The zero-order valence-corrected chi connectivity index (χ0v) is 36.4. The van der Waals surface area contributed by atoms with Crippen molar-refractivity contribution in [2.75, 3.05) is 25.2 Å². The highest BCUT2D eigenvalue weighted by molar-refractivity contribution is 14.1. The van der Waals surface area contributed by atoms with Gasteiger partial charge in [0.2, 0.25) is 11.8 Å². The number of carbonyl (C=O) groups is 2. The highest BCUT2D eigenvalue weighted by Crippen LogP contribution is 2.48. The van der Waals surface area contributed by atoms with E-state index in [1.54, 1.807) is 6.07 Å². The van der Waals surface area contributed by atoms with Crippen LogP contribution in [0.2, 0.25) is 5.04 Å². The van der Waals surface area contributed by atoms with Crippen LogP contribution in [0.3, 0.4) is 0 Å². The summed E-state index contributed by atoms with van der Waals surface area (Å²) < 4.78 is 13.3. The number of non-ortho nitro benzene ring substituents is 1. The summed E-state index contributed by atoms with van der Waals surface area (Å²) in [4.78, 5) is 40.7. The van der Waals surface area contributed by atoms with E-state index in [2.05, 4.69) is 45.0 Å². The number of amides is 2. The highest BCUT2D eigenvalue weighted by Gasteiger charge is 2.56. The van der Waals surface area contributed by atoms with E-state index >= 15 is 0 Å². The molecule has 2 aliphatic rings. The third-order valence-corrected chi connectivity index (χ3v) is 17.2. The molecule has 1 saturated heterocycles. The minimum atomic E-state index is -3.12. The fourth-order valence-corrected chi connectivity index (χ4v) is 13.9. The van der Waals surface area contributed by atoms with Crippen LogP contribution in [0.15, 0.2) is 114 Å². The number of nitro groups is 1. The molecular formula is C45H49IN2O9Si. The van der Waals surface area contributed by atoms with Crippen molar-refractivity contribution < 1.29 is 39.0 Å². The molecule has 1 aliphatic carbocycles. The molecule has 2 amide bonds. The SMILES string of the molecule is COc1cc(/C=C(\C)CC[C@@H](O)C2=C(CO[Si](c3ccccc3)(c3ccccc3)C(C)(C)C)C[C@H]3C(=O)N(c4cccc([N+](=O)[O-])c4)C(=O)[C@H]3[C@H]2CO)cc(I)c1O. The number of fused-ring (bicyclic) bond motifs is 1. The van der Waals surface area contributed by atoms with E-state index in [-0.39, 0.29) is 41.6 Å². The molecule has 4 aromatic carbocycles. The Morgan fingerprint density at radius 3 is 2.21 bits per heavy atom. The number of rotatable bonds is 14. The van der Waals surface area contributed by atoms with Crippen LogP contribution in [-0.4, -0.2) is 66.8 Å². The molecular weight excluding hydrogens is 867 g/mol. The highest BCUT2D eigenvalue weighted by atomic mass is 127. The average Bonchev–Trinajstić information content (AvgIpc) is 3.46. The first-order valence-corrected chi connectivity index (χ1v) is 22.2. The molecule has 4 atom stereocenters. The lowest BCUT2D eigenvalue weighted by molar-refractivity contribution is -0.384. The van der Waals surface area contributed by atoms with Crippen molar-refractivity contribution in [1.82, 2.24) is 0 Å². The molecule has 0 bridgehead atoms. The lowest BCUT2D eigenvalue weighted by atomic mass is 9.68. The van der Waals surface area contributed by atoms with Crippen molar-refractivity contribution in [2.45, 2.75) is 58.1 Å². The molecule has 11 nitrogen and oxygen atoms in total. The molecule has 1 fully saturated rings. The quantitative estimate of drug-likeness (QED) is 0.0298. The van der Waals surface area contributed by atoms with Crippen LogP contribution in [-0.2, 0) is 14.0 Å². The number of halogens is 1. The first-order chi connectivity index (χ1) is 27.6. The number of allylic oxidation sites excluding steroid dienone is 1. The molecule has 0 unspecified atom stereocenters. The van der Waals surface area contributed by atoms with Crippen LogP contribution >= 0.6 is 22.6 Å². The maximum atomic E-state index is 14.3. The summed E-state index contributed by atoms with van der Waals surface area (Å²) >= 11 is 2.04. The Morgan fingerprint density at radius 1 is 1.00 bits per heavy atom. The van der Waals surface area contributed by atoms with Crippen LogP contribution in [0.5, 0.6) is 11.5 Å². The lowest BCUT2D eigenvalue weighted by Gasteiger charge is -2.44. The van der Waals surface area contributed by atoms with Crippen molar-refractivity contribution in [2.24, 2.45) is 17.8 Å². The largest absolute Gasteiger partial charge is 0.504 e. The Morgan fingerprint density at radius 2 is 1.64 bits per heavy atom. The number of imide groups is 1. The number of aliphatic hydroxyl groups excluding tert-OH is 2. The summed E-state index contributed by atoms with van der Waals surface area (Å²) in [5.41, 5.74) is 2.72. The van der Waals surface area contributed by atoms with Gasteiger partial charge in [0.05, 0.1) is 52.4 Å². The zero-order chi connectivity index (χ0) is 41.9. The van der Waals surface area contributed by atoms with Gasteiger partial charge in [0.15, 0.2) is 11.5 Å². The van der Waals surface area contributed by atoms with Gasteiger partial charge in [-0.25, -0.2) is 4.90 Å². The van der Waals surface area contributed by atoms with Crippen LogP contribution in [0.4, 0.5) is 11.4 Å². The smallest absolute Gasteiger partial charge is 0.271 e. The van der Waals surface area contributed by atoms with E-state index in [4.69, 9.17) is 9.16 Å². The second kappa shape index (κ2) is 17.7. The van der Waals surface area contributed by atoms with Gasteiger partial charge < -0.3 is 24.5 Å². The molecule has 58 heavy (non-hydrogen) atoms. The molecule has 0 radical (unpaired) electrons. The van der Waals surface area contributed by atoms with Crippen molar-refractivity contribution in [3.8, 4) is 11.5 Å². The molecule has 304 valence electrons. The molecule has 3 N–H and O–H groups in total. The topological polar surface area (TPSA) is 160 Å². The summed E-state index contributed by atoms with van der Waals surface area (Å²) in [6.07, 6.45) is 1.64. The second-order valence-electron chi connectivity index (χ2n) is 16.0. The Bertz CT molecular complexity index is 2200. The van der Waals surface area contributed by atoms with Crippen molar-refractivity contribution in [3.05, 3.63) is 133 Å². The van der Waals surface area contributed by atoms with Crippen molar-refractivity contribution >= 4 is 70.5 Å². The number of hydrogen-bond donors (Lipinski definition) is 3. The van der Waals surface area contributed by atoms with Crippen LogP contribution in [0.1, 0.15) is 52.5 Å². The van der Waals surface area contributed by atoms with Gasteiger partial charge in [-0.3, -0.25) is 19.7 Å². The summed E-state index contributed by atoms with van der Waals surface area (Å²) in [6, 6.07) is 29.2. The van der Waals surface area contributed by atoms with E-state index in [9.17, 15) is 35.0 Å². The molecule has 1 aliphatic heterocycles. The zero-order valence-electron chi connectivity index (χ0n) is 33.2. The number of aliphatic hydroxyl groups is 2. The number of nitrogens with zero attached hydrogens (tertiary/aromatic N) is 2. The summed E-state index contributed by atoms with van der Waals surface area (Å²) in [7, 11) is -1.63. The first kappa shape index (κ1) is 42.9. The first-order valence-electron chi connectivity index (χ1n) is 19.2. The van der Waals surface area contributed by atoms with E-state index in [0.717, 1.165) is 26.4 Å². The van der Waals surface area contributed by atoms with E-state index in [0.29, 0.717) is 26.9 Å². The number of methoxy groups -OCH3 is 1. The number of benzene rings is 4. The number of phenols is 1. The molecule has 13 heteroatoms. The summed E-state index contributed by atoms with van der Waals surface area (Å²) in [5.74, 6) is -3.48. The molecule has 1 heterocycles. The van der Waals surface area contributed by atoms with E-state index in [1.807, 2.05) is 78.1 Å². The number of phenolic OH excluding ortho intramolecular Hbond substituents is 1. The number of carbonyl (C=O) groups excluding carboxylic acids is 2. The number of ether oxygens (including phenoxy) is 1. The number of nitro benzene ring substituents is 1. The molecule has 0 aromatic heterocycles. The van der Waals surface area contributed by atoms with E-state index < -0.39 is 55.5 Å². The predicted molar refractivity (Wildman–Crippen MR) is 235 cm³/mol. The normalized spacial score (nSPS) is 19.3. The van der Waals surface area contributed by atoms with Gasteiger partial charge in [-0.15, -0.1) is 0 Å². The van der Waals surface area contributed by atoms with Gasteiger partial charge in [0.25, 0.3) is 14.0 Å². The maximum Gasteiger partial charge on any atom is 0.271 e. The minimum absolute atomic E-state index is 0.0399. The summed E-state index contributed by atoms with van der Waals surface area (Å²) in [5, 5.41) is 47.1. The predicted octanol–water partition coefficient (Wildman–Crippen LogP) is 7.15. The Labute approximate surface area is 353 Å². The summed E-state index contributed by atoms with van der Waals surface area (Å²) in [6.45, 7) is 7.94. The maximum absolute atomic E-state index is 14.3. The standard InChI is InChI=1S/C45H49IN2O9Si/c1-28(21-29-22-37(46)42(51)39(23-29)56-5)19-20-38(50)40-30(27-57-58(45(2,3)4,33-15-8-6-9-16-33)34-17-10-7-11-18-34)24-35-41(36(40)26-49)44(53)47(43(35)52)31-13-12-14-32(25-31)48(54)55/h6-18,21-23,25,35-36,38,41,49-51H,19-20,24,26-27H2,1-5H3/b28-21+/t35-,36+,38-,41-/m1/s1. The van der Waals surface area contributed by atoms with Gasteiger partial charge in [-0.05, 0) is 99.1 Å². The van der Waals surface area contributed by atoms with Gasteiger partial charge in [0, 0.05) is 18.1 Å². The van der Waals surface area contributed by atoms with Gasteiger partial charge >= 0.3 is 0 Å². The van der Waals surface area contributed by atoms with Gasteiger partial charge in [-0.2, -0.15) is 0 Å². The van der Waals surface area contributed by atoms with Crippen LogP contribution < -0.4 is 20.0 Å². The second-order valence-corrected chi connectivity index (χ2v) is 21.5. The minimum Gasteiger partial charge on any atom is -0.504 e. The Hall–Kier alpha value is -4.67. The third kappa shape index (κ3) is 8.28. The fourth-order valence-electron chi connectivity index (χ4n) is 8.76. The van der Waals surface area contributed by atoms with Gasteiger partial charge in [-0.1, -0.05) is 99.2 Å². The van der Waals surface area contributed by atoms with Gasteiger partial charge in [0.1, 0.15) is 0 Å². The van der Waals surface area contributed by atoms with Crippen molar-refractivity contribution in [3.63, 3.8) is 0 Å². The number of hydrogen-bond acceptors (Lipinski definition) is 9. The fraction of sp³-hybridized carbons (Fsp3) is 0.333. The van der Waals surface area contributed by atoms with Crippen LogP contribution in [0.25, 0.3) is 6.08 Å². The number of anilines is 1. The molecule has 0 saturated carbocycles. The Balaban J connectivity index is 1.42. The average molecular weight is 917 g/mol. The molecule has 0 spiro atoms. The Kier molecular flexibility index (Phi) is 13.1. The third-order valence-electron chi connectivity index (χ3n) is 11.4. The van der Waals surface area contributed by atoms with Crippen LogP contribution in [0, 0.1) is 31.4 Å². The molecule has 4 aromatic rings. The monoisotopic (exact) mass is 916 g/mol. The van der Waals surface area contributed by atoms with E-state index in [1.165, 1.54) is 31.4 Å². The lowest BCUT2D eigenvalue weighted by Crippen LogP contribution is -2.66.